The van der Waals surface area contributed by atoms with E-state index >= 15 is 0 Å². The molecule has 4 atom stereocenters. The number of hydrogen-bond donors (Lipinski definition) is 1. The van der Waals surface area contributed by atoms with Gasteiger partial charge in [0.25, 0.3) is 0 Å². The molecular formula is C24H27FN4O2S. The second kappa shape index (κ2) is 9.10. The summed E-state index contributed by atoms with van der Waals surface area (Å²) in [5.74, 6) is 2.89. The van der Waals surface area contributed by atoms with E-state index in [9.17, 15) is 9.18 Å². The summed E-state index contributed by atoms with van der Waals surface area (Å²) in [6.45, 7) is 2.35. The lowest BCUT2D eigenvalue weighted by atomic mass is 9.84. The molecule has 0 radical (unpaired) electrons. The summed E-state index contributed by atoms with van der Waals surface area (Å²) in [5.41, 5.74) is 0.591. The Morgan fingerprint density at radius 1 is 1.25 bits per heavy atom. The van der Waals surface area contributed by atoms with Gasteiger partial charge in [-0.2, -0.15) is 0 Å². The molecular weight excluding hydrogens is 427 g/mol. The predicted octanol–water partition coefficient (Wildman–Crippen LogP) is 5.30. The van der Waals surface area contributed by atoms with Crippen molar-refractivity contribution in [1.82, 2.24) is 19.7 Å². The number of nitrogens with one attached hydrogen (secondary N) is 1. The van der Waals surface area contributed by atoms with E-state index in [4.69, 9.17) is 4.74 Å². The molecule has 1 aromatic carbocycles. The number of carbonyl (C=O) groups excluding carboxylic acids is 1. The number of Topliss-reactive ketones (excluding diaryl/α,β-unsaturated/α-hetero) is 1. The van der Waals surface area contributed by atoms with Gasteiger partial charge in [-0.05, 0) is 68.2 Å². The highest BCUT2D eigenvalue weighted by Gasteiger charge is 2.43. The molecule has 2 saturated carbocycles. The fourth-order valence-corrected chi connectivity index (χ4v) is 6.33. The molecule has 8 heteroatoms. The van der Waals surface area contributed by atoms with E-state index in [0.29, 0.717) is 22.6 Å². The van der Waals surface area contributed by atoms with E-state index in [2.05, 4.69) is 26.7 Å². The first-order valence-corrected chi connectivity index (χ1v) is 12.2. The molecule has 2 bridgehead atoms. The number of ether oxygens (including phenoxy) is 1. The Morgan fingerprint density at radius 2 is 2.12 bits per heavy atom. The first-order valence-electron chi connectivity index (χ1n) is 11.2. The molecule has 2 aliphatic rings. The Hall–Kier alpha value is -2.61. The van der Waals surface area contributed by atoms with Gasteiger partial charge in [-0.25, -0.2) is 4.39 Å². The Balaban J connectivity index is 1.37. The zero-order chi connectivity index (χ0) is 22.1. The Morgan fingerprint density at radius 3 is 2.84 bits per heavy atom. The molecule has 3 aromatic rings. The summed E-state index contributed by atoms with van der Waals surface area (Å²) in [7, 11) is 0. The molecule has 0 aliphatic heterocycles. The Labute approximate surface area is 191 Å². The number of H-pyrrole nitrogens is 1. The molecule has 5 rings (SSSR count). The van der Waals surface area contributed by atoms with Crippen molar-refractivity contribution >= 4 is 17.5 Å². The number of carbonyl (C=O) groups is 1. The number of thioether (sulfide) groups is 1. The van der Waals surface area contributed by atoms with Crippen LogP contribution in [0, 0.1) is 23.6 Å². The highest BCUT2D eigenvalue weighted by molar-refractivity contribution is 7.99. The van der Waals surface area contributed by atoms with Crippen molar-refractivity contribution in [1.29, 1.82) is 0 Å². The summed E-state index contributed by atoms with van der Waals surface area (Å²) in [5, 5.41) is 9.50. The third-order valence-corrected chi connectivity index (χ3v) is 7.92. The molecule has 2 aromatic heterocycles. The second-order valence-electron chi connectivity index (χ2n) is 8.86. The molecule has 6 nitrogen and oxygen atoms in total. The summed E-state index contributed by atoms with van der Waals surface area (Å²) in [6.07, 6.45) is 6.91. The van der Waals surface area contributed by atoms with Gasteiger partial charge in [0.1, 0.15) is 6.61 Å². The lowest BCUT2D eigenvalue weighted by Gasteiger charge is -2.30. The topological polar surface area (TPSA) is 72.8 Å². The standard InChI is InChI=1S/C24H27FN4O2S/c1-15(18-12-16-8-9-17(18)11-16)29-23(13-31-22-7-3-2-5-19(22)25)27-28-24(29)32-14-21(30)20-6-4-10-26-20/h2-7,10,15-18,26H,8-9,11-14H2,1H3/t15-,16-,17-,18+/m1/s1. The molecule has 168 valence electrons. The van der Waals surface area contributed by atoms with E-state index in [-0.39, 0.29) is 29.9 Å². The molecule has 0 amide bonds. The van der Waals surface area contributed by atoms with Crippen LogP contribution in [0.4, 0.5) is 4.39 Å². The fourth-order valence-electron chi connectivity index (χ4n) is 5.41. The van der Waals surface area contributed by atoms with Crippen molar-refractivity contribution in [2.24, 2.45) is 17.8 Å². The number of para-hydroxylation sites is 1. The molecule has 0 spiro atoms. The quantitative estimate of drug-likeness (QED) is 0.351. The van der Waals surface area contributed by atoms with Crippen molar-refractivity contribution < 1.29 is 13.9 Å². The van der Waals surface area contributed by atoms with Crippen LogP contribution in [0.1, 0.15) is 55.0 Å². The van der Waals surface area contributed by atoms with E-state index < -0.39 is 5.82 Å². The first-order chi connectivity index (χ1) is 15.6. The van der Waals surface area contributed by atoms with Crippen LogP contribution in [0.5, 0.6) is 5.75 Å². The fraction of sp³-hybridized carbons (Fsp3) is 0.458. The van der Waals surface area contributed by atoms with E-state index in [0.717, 1.165) is 11.8 Å². The van der Waals surface area contributed by atoms with Crippen LogP contribution in [-0.2, 0) is 6.61 Å². The van der Waals surface area contributed by atoms with Gasteiger partial charge in [-0.3, -0.25) is 9.36 Å². The number of benzene rings is 1. The minimum Gasteiger partial charge on any atom is -0.483 e. The molecule has 2 fully saturated rings. The number of rotatable bonds is 9. The van der Waals surface area contributed by atoms with Crippen LogP contribution in [0.25, 0.3) is 0 Å². The van der Waals surface area contributed by atoms with Gasteiger partial charge >= 0.3 is 0 Å². The number of aromatic amines is 1. The molecule has 2 aliphatic carbocycles. The highest BCUT2D eigenvalue weighted by Crippen LogP contribution is 2.52. The lowest BCUT2D eigenvalue weighted by molar-refractivity contribution is 0.101. The SMILES string of the molecule is C[C@H]([C@@H]1C[C@@H]2CC[C@@H]1C2)n1c(COc2ccccc2F)nnc1SCC(=O)c1ccc[nH]1. The van der Waals surface area contributed by atoms with Crippen LogP contribution in [-0.4, -0.2) is 31.3 Å². The van der Waals surface area contributed by atoms with Gasteiger partial charge in [-0.1, -0.05) is 30.3 Å². The number of aromatic nitrogens is 4. The summed E-state index contributed by atoms with van der Waals surface area (Å²) in [4.78, 5) is 15.5. The maximum Gasteiger partial charge on any atom is 0.192 e. The normalized spacial score (nSPS) is 22.9. The average molecular weight is 455 g/mol. The maximum absolute atomic E-state index is 14.0. The largest absolute Gasteiger partial charge is 0.483 e. The van der Waals surface area contributed by atoms with Crippen LogP contribution in [0.3, 0.4) is 0 Å². The smallest absolute Gasteiger partial charge is 0.192 e. The van der Waals surface area contributed by atoms with E-state index in [1.54, 1.807) is 30.5 Å². The van der Waals surface area contributed by atoms with Crippen molar-refractivity contribution in [3.63, 3.8) is 0 Å². The monoisotopic (exact) mass is 454 g/mol. The minimum atomic E-state index is -0.397. The van der Waals surface area contributed by atoms with Gasteiger partial charge in [0.05, 0.1) is 11.4 Å². The molecule has 32 heavy (non-hydrogen) atoms. The van der Waals surface area contributed by atoms with Crippen LogP contribution in [0.2, 0.25) is 0 Å². The van der Waals surface area contributed by atoms with Crippen LogP contribution in [0.15, 0.2) is 47.8 Å². The van der Waals surface area contributed by atoms with Crippen LogP contribution < -0.4 is 4.74 Å². The van der Waals surface area contributed by atoms with Gasteiger partial charge in [0.15, 0.2) is 28.3 Å². The number of fused-ring (bicyclic) bond motifs is 2. The maximum atomic E-state index is 14.0. The van der Waals surface area contributed by atoms with Crippen LogP contribution >= 0.6 is 11.8 Å². The summed E-state index contributed by atoms with van der Waals surface area (Å²) in [6, 6.07) is 10.2. The average Bonchev–Trinajstić information content (AvgIpc) is 3.60. The van der Waals surface area contributed by atoms with Gasteiger partial charge in [0, 0.05) is 12.2 Å². The number of halogens is 1. The Bertz CT molecular complexity index is 1080. The third kappa shape index (κ3) is 4.20. The second-order valence-corrected chi connectivity index (χ2v) is 9.81. The molecule has 2 heterocycles. The van der Waals surface area contributed by atoms with E-state index in [1.165, 1.54) is 43.5 Å². The lowest BCUT2D eigenvalue weighted by Crippen LogP contribution is -2.24. The van der Waals surface area contributed by atoms with Crippen molar-refractivity contribution in [3.05, 3.63) is 59.9 Å². The van der Waals surface area contributed by atoms with Crippen molar-refractivity contribution in [2.45, 2.75) is 50.4 Å². The predicted molar refractivity (Wildman–Crippen MR) is 120 cm³/mol. The first kappa shape index (κ1) is 21.2. The summed E-state index contributed by atoms with van der Waals surface area (Å²) < 4.78 is 21.9. The van der Waals surface area contributed by atoms with E-state index in [1.807, 2.05) is 6.07 Å². The molecule has 0 saturated heterocycles. The van der Waals surface area contributed by atoms with Gasteiger partial charge < -0.3 is 9.72 Å². The number of hydrogen-bond acceptors (Lipinski definition) is 5. The Kier molecular flexibility index (Phi) is 6.04. The van der Waals surface area contributed by atoms with Gasteiger partial charge in [-0.15, -0.1) is 10.2 Å². The zero-order valence-electron chi connectivity index (χ0n) is 18.0. The minimum absolute atomic E-state index is 0.0197. The van der Waals surface area contributed by atoms with Gasteiger partial charge in [0.2, 0.25) is 0 Å². The van der Waals surface area contributed by atoms with Crippen molar-refractivity contribution in [2.75, 3.05) is 5.75 Å². The molecule has 1 N–H and O–H groups in total. The third-order valence-electron chi connectivity index (χ3n) is 6.98. The zero-order valence-corrected chi connectivity index (χ0v) is 18.9. The molecule has 0 unspecified atom stereocenters. The summed E-state index contributed by atoms with van der Waals surface area (Å²) >= 11 is 1.40. The van der Waals surface area contributed by atoms with Crippen molar-refractivity contribution in [3.8, 4) is 5.75 Å². The number of ketones is 1. The number of nitrogens with zero attached hydrogens (tertiary/aromatic N) is 3. The highest BCUT2D eigenvalue weighted by atomic mass is 32.2.